The van der Waals surface area contributed by atoms with Gasteiger partial charge in [-0.15, -0.1) is 11.3 Å². The average Bonchev–Trinajstić information content (AvgIpc) is 3.45. The smallest absolute Gasteiger partial charge is 0.287 e. The van der Waals surface area contributed by atoms with Crippen molar-refractivity contribution in [1.82, 2.24) is 10.7 Å². The first kappa shape index (κ1) is 20.6. The summed E-state index contributed by atoms with van der Waals surface area (Å²) in [4.78, 5) is 26.1. The summed E-state index contributed by atoms with van der Waals surface area (Å²) >= 11 is 7.65. The highest BCUT2D eigenvalue weighted by atomic mass is 35.5. The number of benzene rings is 2. The lowest BCUT2D eigenvalue weighted by molar-refractivity contribution is -0.117. The van der Waals surface area contributed by atoms with E-state index in [4.69, 9.17) is 21.1 Å². The van der Waals surface area contributed by atoms with Crippen LogP contribution in [-0.2, 0) is 4.79 Å². The van der Waals surface area contributed by atoms with E-state index in [1.54, 1.807) is 42.5 Å². The molecule has 0 saturated heterocycles. The van der Waals surface area contributed by atoms with Crippen molar-refractivity contribution in [2.45, 2.75) is 0 Å². The summed E-state index contributed by atoms with van der Waals surface area (Å²) in [5.41, 5.74) is 3.46. The number of nitrogens with one attached hydrogen (secondary N) is 2. The molecule has 0 bridgehead atoms. The number of hydrazone groups is 1. The Kier molecular flexibility index (Phi) is 6.30. The molecule has 0 radical (unpaired) electrons. The number of ether oxygens (including phenoxy) is 2. The Morgan fingerprint density at radius 2 is 1.84 bits per heavy atom. The van der Waals surface area contributed by atoms with Gasteiger partial charge < -0.3 is 14.8 Å². The molecule has 0 spiro atoms. The molecule has 1 aromatic heterocycles. The van der Waals surface area contributed by atoms with E-state index < -0.39 is 11.8 Å². The first-order valence-corrected chi connectivity index (χ1v) is 10.4. The molecule has 0 aliphatic carbocycles. The van der Waals surface area contributed by atoms with Crippen molar-refractivity contribution < 1.29 is 19.1 Å². The molecule has 4 rings (SSSR count). The van der Waals surface area contributed by atoms with Gasteiger partial charge >= 0.3 is 0 Å². The number of halogens is 1. The molecule has 0 fully saturated rings. The molecule has 1 aliphatic rings. The number of carbonyl (C=O) groups excluding carboxylic acids is 2. The van der Waals surface area contributed by atoms with Crippen molar-refractivity contribution in [3.8, 4) is 11.5 Å². The molecule has 2 heterocycles. The van der Waals surface area contributed by atoms with Gasteiger partial charge in [-0.25, -0.2) is 5.43 Å². The van der Waals surface area contributed by atoms with E-state index in [0.717, 1.165) is 4.88 Å². The van der Waals surface area contributed by atoms with Crippen molar-refractivity contribution in [1.29, 1.82) is 0 Å². The highest BCUT2D eigenvalue weighted by Crippen LogP contribution is 2.36. The van der Waals surface area contributed by atoms with Gasteiger partial charge in [0.2, 0.25) is 6.79 Å². The van der Waals surface area contributed by atoms with Crippen LogP contribution in [0.15, 0.2) is 70.8 Å². The molecule has 2 N–H and O–H groups in total. The topological polar surface area (TPSA) is 89.0 Å². The number of hydrogen-bond acceptors (Lipinski definition) is 6. The summed E-state index contributed by atoms with van der Waals surface area (Å²) in [5, 5.41) is 8.88. The maximum Gasteiger partial charge on any atom is 0.287 e. The van der Waals surface area contributed by atoms with Crippen LogP contribution in [0.2, 0.25) is 5.02 Å². The lowest BCUT2D eigenvalue weighted by Crippen LogP contribution is -2.32. The average molecular weight is 454 g/mol. The van der Waals surface area contributed by atoms with Gasteiger partial charge in [-0.05, 0) is 35.7 Å². The molecule has 2 amide bonds. The Balaban J connectivity index is 1.50. The molecule has 0 saturated carbocycles. The van der Waals surface area contributed by atoms with Gasteiger partial charge in [0.05, 0.1) is 11.2 Å². The number of hydrogen-bond donors (Lipinski definition) is 2. The van der Waals surface area contributed by atoms with Crippen LogP contribution in [0.25, 0.3) is 6.08 Å². The molecular weight excluding hydrogens is 438 g/mol. The van der Waals surface area contributed by atoms with E-state index in [-0.39, 0.29) is 12.5 Å². The zero-order chi connectivity index (χ0) is 21.6. The maximum absolute atomic E-state index is 12.7. The Bertz CT molecular complexity index is 1160. The minimum Gasteiger partial charge on any atom is -0.454 e. The Labute approximate surface area is 186 Å². The molecule has 156 valence electrons. The van der Waals surface area contributed by atoms with Gasteiger partial charge in [0.1, 0.15) is 5.70 Å². The predicted octanol–water partition coefficient (Wildman–Crippen LogP) is 4.05. The van der Waals surface area contributed by atoms with Gasteiger partial charge in [-0.2, -0.15) is 5.10 Å². The van der Waals surface area contributed by atoms with Crippen LogP contribution in [0.4, 0.5) is 0 Å². The standard InChI is InChI=1S/C22H16ClN3O4S/c23-17-11-20-19(29-13-30-20)9-15(17)12-24-26-22(28)18(10-16-7-4-8-31-16)25-21(27)14-5-2-1-3-6-14/h1-12H,13H2,(H,25,27)(H,26,28)/b18-10-,24-12+. The van der Waals surface area contributed by atoms with E-state index in [1.165, 1.54) is 17.6 Å². The second kappa shape index (κ2) is 9.46. The number of fused-ring (bicyclic) bond motifs is 1. The normalized spacial score (nSPS) is 12.7. The van der Waals surface area contributed by atoms with Gasteiger partial charge in [0.25, 0.3) is 11.8 Å². The fourth-order valence-electron chi connectivity index (χ4n) is 2.71. The fraction of sp³-hybridized carbons (Fsp3) is 0.0455. The monoisotopic (exact) mass is 453 g/mol. The fourth-order valence-corrected chi connectivity index (χ4v) is 3.57. The largest absolute Gasteiger partial charge is 0.454 e. The van der Waals surface area contributed by atoms with E-state index in [1.807, 2.05) is 23.6 Å². The zero-order valence-corrected chi connectivity index (χ0v) is 17.6. The number of nitrogens with zero attached hydrogens (tertiary/aromatic N) is 1. The molecule has 9 heteroatoms. The molecular formula is C22H16ClN3O4S. The molecule has 7 nitrogen and oxygen atoms in total. The molecule has 2 aromatic carbocycles. The van der Waals surface area contributed by atoms with Crippen LogP contribution in [0.5, 0.6) is 11.5 Å². The molecule has 3 aromatic rings. The Hall–Kier alpha value is -3.62. The van der Waals surface area contributed by atoms with Crippen molar-refractivity contribution in [3.63, 3.8) is 0 Å². The number of carbonyl (C=O) groups is 2. The summed E-state index contributed by atoms with van der Waals surface area (Å²) in [6.45, 7) is 0.126. The molecule has 0 atom stereocenters. The Morgan fingerprint density at radius 1 is 1.06 bits per heavy atom. The van der Waals surface area contributed by atoms with Gasteiger partial charge in [0.15, 0.2) is 11.5 Å². The Morgan fingerprint density at radius 3 is 2.58 bits per heavy atom. The SMILES string of the molecule is O=C(N/N=C/c1cc2c(cc1Cl)OCO2)/C(=C/c1cccs1)NC(=O)c1ccccc1. The minimum absolute atomic E-state index is 0.0604. The van der Waals surface area contributed by atoms with Crippen molar-refractivity contribution in [3.05, 3.63) is 86.7 Å². The first-order chi connectivity index (χ1) is 15.1. The summed E-state index contributed by atoms with van der Waals surface area (Å²) in [6.07, 6.45) is 2.98. The van der Waals surface area contributed by atoms with E-state index in [9.17, 15) is 9.59 Å². The highest BCUT2D eigenvalue weighted by molar-refractivity contribution is 7.10. The van der Waals surface area contributed by atoms with Crippen LogP contribution in [0, 0.1) is 0 Å². The highest BCUT2D eigenvalue weighted by Gasteiger charge is 2.17. The second-order valence-corrected chi connectivity index (χ2v) is 7.71. The third kappa shape index (κ3) is 5.11. The van der Waals surface area contributed by atoms with E-state index in [0.29, 0.717) is 27.6 Å². The maximum atomic E-state index is 12.7. The summed E-state index contributed by atoms with van der Waals surface area (Å²) in [5.74, 6) is 0.119. The van der Waals surface area contributed by atoms with Crippen molar-refractivity contribution in [2.75, 3.05) is 6.79 Å². The number of rotatable bonds is 6. The summed E-state index contributed by atoms with van der Waals surface area (Å²) in [6, 6.07) is 15.6. The number of thiophene rings is 1. The molecule has 1 aliphatic heterocycles. The van der Waals surface area contributed by atoms with Crippen LogP contribution >= 0.6 is 22.9 Å². The lowest BCUT2D eigenvalue weighted by atomic mass is 10.2. The second-order valence-electron chi connectivity index (χ2n) is 6.32. The minimum atomic E-state index is -0.578. The zero-order valence-electron chi connectivity index (χ0n) is 16.0. The third-order valence-corrected chi connectivity index (χ3v) is 5.37. The van der Waals surface area contributed by atoms with Crippen LogP contribution in [-0.4, -0.2) is 24.8 Å². The quantitative estimate of drug-likeness (QED) is 0.335. The van der Waals surface area contributed by atoms with Gasteiger partial charge in [-0.1, -0.05) is 35.9 Å². The first-order valence-electron chi connectivity index (χ1n) is 9.14. The van der Waals surface area contributed by atoms with Crippen molar-refractivity contribution >= 4 is 47.0 Å². The van der Waals surface area contributed by atoms with E-state index >= 15 is 0 Å². The van der Waals surface area contributed by atoms with Crippen LogP contribution in [0.1, 0.15) is 20.8 Å². The summed E-state index contributed by atoms with van der Waals surface area (Å²) < 4.78 is 10.6. The van der Waals surface area contributed by atoms with Crippen molar-refractivity contribution in [2.24, 2.45) is 5.10 Å². The lowest BCUT2D eigenvalue weighted by Gasteiger charge is -2.09. The predicted molar refractivity (Wildman–Crippen MR) is 120 cm³/mol. The number of amides is 2. The third-order valence-electron chi connectivity index (χ3n) is 4.22. The van der Waals surface area contributed by atoms with Gasteiger partial charge in [-0.3, -0.25) is 9.59 Å². The van der Waals surface area contributed by atoms with Gasteiger partial charge in [0, 0.05) is 22.1 Å². The van der Waals surface area contributed by atoms with Crippen LogP contribution < -0.4 is 20.2 Å². The van der Waals surface area contributed by atoms with E-state index in [2.05, 4.69) is 15.8 Å². The van der Waals surface area contributed by atoms with Crippen LogP contribution in [0.3, 0.4) is 0 Å². The molecule has 31 heavy (non-hydrogen) atoms. The molecule has 0 unspecified atom stereocenters. The summed E-state index contributed by atoms with van der Waals surface area (Å²) in [7, 11) is 0.